The van der Waals surface area contributed by atoms with Gasteiger partial charge in [0.15, 0.2) is 0 Å². The van der Waals surface area contributed by atoms with Crippen LogP contribution in [0.4, 0.5) is 4.39 Å². The van der Waals surface area contributed by atoms with E-state index in [2.05, 4.69) is 5.10 Å². The van der Waals surface area contributed by atoms with E-state index in [0.717, 1.165) is 0 Å². The predicted octanol–water partition coefficient (Wildman–Crippen LogP) is 3.08. The van der Waals surface area contributed by atoms with Crippen LogP contribution in [0, 0.1) is 5.95 Å². The van der Waals surface area contributed by atoms with E-state index >= 15 is 0 Å². The van der Waals surface area contributed by atoms with Gasteiger partial charge in [-0.3, -0.25) is 0 Å². The van der Waals surface area contributed by atoms with Crippen molar-refractivity contribution in [2.45, 2.75) is 26.3 Å². The van der Waals surface area contributed by atoms with Gasteiger partial charge in [0.05, 0.1) is 5.54 Å². The molecular weight excluding hydrogens is 202 g/mol. The molecule has 0 aromatic carbocycles. The maximum absolute atomic E-state index is 12.8. The van der Waals surface area contributed by atoms with Crippen LogP contribution in [0.15, 0.2) is 0 Å². The highest BCUT2D eigenvalue weighted by molar-refractivity contribution is 6.41. The number of rotatable bonds is 0. The van der Waals surface area contributed by atoms with Gasteiger partial charge in [0.2, 0.25) is 0 Å². The molecule has 0 spiro atoms. The fourth-order valence-electron chi connectivity index (χ4n) is 0.798. The molecule has 0 saturated carbocycles. The smallest absolute Gasteiger partial charge is 0.244 e. The minimum absolute atomic E-state index is 0.119. The first-order valence-corrected chi connectivity index (χ1v) is 4.19. The van der Waals surface area contributed by atoms with E-state index in [1.165, 1.54) is 4.68 Å². The Hall–Kier alpha value is -0.280. The quantitative estimate of drug-likeness (QED) is 0.644. The fourth-order valence-corrected chi connectivity index (χ4v) is 1.29. The molecule has 1 rings (SSSR count). The van der Waals surface area contributed by atoms with E-state index in [4.69, 9.17) is 23.2 Å². The maximum atomic E-state index is 12.8. The second kappa shape index (κ2) is 2.89. The lowest BCUT2D eigenvalue weighted by Gasteiger charge is -2.19. The van der Waals surface area contributed by atoms with Crippen LogP contribution < -0.4 is 0 Å². The molecule has 2 nitrogen and oxygen atoms in total. The highest BCUT2D eigenvalue weighted by atomic mass is 35.5. The van der Waals surface area contributed by atoms with Gasteiger partial charge in [-0.2, -0.15) is 4.39 Å². The summed E-state index contributed by atoms with van der Waals surface area (Å²) in [7, 11) is 0. The summed E-state index contributed by atoms with van der Waals surface area (Å²) in [5.74, 6) is -0.725. The van der Waals surface area contributed by atoms with Crippen molar-refractivity contribution in [2.24, 2.45) is 0 Å². The molecule has 1 aromatic rings. The molecule has 0 fully saturated rings. The summed E-state index contributed by atoms with van der Waals surface area (Å²) < 4.78 is 14.1. The molecule has 0 unspecified atom stereocenters. The number of nitrogens with zero attached hydrogens (tertiary/aromatic N) is 2. The normalized spacial score (nSPS) is 12.2. The molecule has 0 amide bonds. The average molecular weight is 211 g/mol. The van der Waals surface area contributed by atoms with Crippen molar-refractivity contribution in [2.75, 3.05) is 0 Å². The van der Waals surface area contributed by atoms with Gasteiger partial charge in [-0.1, -0.05) is 23.2 Å². The van der Waals surface area contributed by atoms with Gasteiger partial charge in [-0.25, -0.2) is 4.68 Å². The molecule has 68 valence electrons. The standard InChI is InChI=1S/C7H9Cl2FN2/c1-7(2,3)12-5(9)4(8)6(10)11-12/h1-3H3. The molecule has 0 saturated heterocycles. The average Bonchev–Trinajstić information content (AvgIpc) is 2.15. The number of hydrogen-bond donors (Lipinski definition) is 0. The Morgan fingerprint density at radius 3 is 2.00 bits per heavy atom. The predicted molar refractivity (Wildman–Crippen MR) is 47.2 cm³/mol. The van der Waals surface area contributed by atoms with Crippen LogP contribution >= 0.6 is 23.2 Å². The lowest BCUT2D eigenvalue weighted by Crippen LogP contribution is -2.23. The Morgan fingerprint density at radius 1 is 1.33 bits per heavy atom. The highest BCUT2D eigenvalue weighted by Crippen LogP contribution is 2.29. The minimum atomic E-state index is -0.725. The van der Waals surface area contributed by atoms with Gasteiger partial charge in [-0.05, 0) is 20.8 Å². The van der Waals surface area contributed by atoms with Crippen LogP contribution in [0.2, 0.25) is 10.2 Å². The van der Waals surface area contributed by atoms with Crippen molar-refractivity contribution < 1.29 is 4.39 Å². The first-order valence-electron chi connectivity index (χ1n) is 3.44. The van der Waals surface area contributed by atoms with Crippen molar-refractivity contribution in [3.8, 4) is 0 Å². The summed E-state index contributed by atoms with van der Waals surface area (Å²) in [6, 6.07) is 0. The van der Waals surface area contributed by atoms with Crippen LogP contribution in [-0.2, 0) is 5.54 Å². The number of hydrogen-bond acceptors (Lipinski definition) is 1. The second-order valence-corrected chi connectivity index (χ2v) is 4.21. The van der Waals surface area contributed by atoms with Gasteiger partial charge in [-0.15, -0.1) is 5.10 Å². The second-order valence-electron chi connectivity index (χ2n) is 3.48. The Labute approximate surface area is 80.3 Å². The van der Waals surface area contributed by atoms with Gasteiger partial charge < -0.3 is 0 Å². The Bertz CT molecular complexity index is 301. The van der Waals surface area contributed by atoms with Crippen molar-refractivity contribution in [3.05, 3.63) is 16.1 Å². The number of halogens is 3. The zero-order chi connectivity index (χ0) is 9.52. The highest BCUT2D eigenvalue weighted by Gasteiger charge is 2.22. The molecule has 1 heterocycles. The van der Waals surface area contributed by atoms with Gasteiger partial charge in [0.25, 0.3) is 5.95 Å². The topological polar surface area (TPSA) is 17.8 Å². The lowest BCUT2D eigenvalue weighted by atomic mass is 10.1. The van der Waals surface area contributed by atoms with E-state index in [-0.39, 0.29) is 15.7 Å². The number of aromatic nitrogens is 2. The Balaban J connectivity index is 3.28. The van der Waals surface area contributed by atoms with E-state index in [1.54, 1.807) is 0 Å². The van der Waals surface area contributed by atoms with Crippen molar-refractivity contribution >= 4 is 23.2 Å². The molecular formula is C7H9Cl2FN2. The zero-order valence-corrected chi connectivity index (χ0v) is 8.54. The summed E-state index contributed by atoms with van der Waals surface area (Å²) in [5.41, 5.74) is -0.356. The van der Waals surface area contributed by atoms with Gasteiger partial charge >= 0.3 is 0 Å². The molecule has 0 atom stereocenters. The molecule has 0 aliphatic rings. The molecule has 0 N–H and O–H groups in total. The first-order chi connectivity index (χ1) is 5.34. The third-order valence-electron chi connectivity index (χ3n) is 1.37. The summed E-state index contributed by atoms with van der Waals surface area (Å²) >= 11 is 11.2. The van der Waals surface area contributed by atoms with E-state index in [9.17, 15) is 4.39 Å². The van der Waals surface area contributed by atoms with E-state index in [1.807, 2.05) is 20.8 Å². The monoisotopic (exact) mass is 210 g/mol. The third kappa shape index (κ3) is 1.57. The maximum Gasteiger partial charge on any atom is 0.252 e. The molecule has 0 radical (unpaired) electrons. The van der Waals surface area contributed by atoms with Crippen molar-refractivity contribution in [1.29, 1.82) is 0 Å². The first kappa shape index (κ1) is 9.81. The van der Waals surface area contributed by atoms with Crippen molar-refractivity contribution in [1.82, 2.24) is 9.78 Å². The summed E-state index contributed by atoms with van der Waals surface area (Å²) in [5, 5.41) is 3.59. The fraction of sp³-hybridized carbons (Fsp3) is 0.571. The van der Waals surface area contributed by atoms with Crippen LogP contribution in [0.1, 0.15) is 20.8 Å². The molecule has 1 aromatic heterocycles. The van der Waals surface area contributed by atoms with Crippen LogP contribution in [0.5, 0.6) is 0 Å². The SMILES string of the molecule is CC(C)(C)n1nc(F)c(Cl)c1Cl. The van der Waals surface area contributed by atoms with Crippen molar-refractivity contribution in [3.63, 3.8) is 0 Å². The van der Waals surface area contributed by atoms with Crippen LogP contribution in [0.3, 0.4) is 0 Å². The summed E-state index contributed by atoms with van der Waals surface area (Å²) in [6.45, 7) is 5.59. The third-order valence-corrected chi connectivity index (χ3v) is 2.15. The molecule has 0 aliphatic carbocycles. The molecule has 0 aliphatic heterocycles. The van der Waals surface area contributed by atoms with Gasteiger partial charge in [0.1, 0.15) is 10.2 Å². The van der Waals surface area contributed by atoms with Crippen LogP contribution in [-0.4, -0.2) is 9.78 Å². The van der Waals surface area contributed by atoms with E-state index in [0.29, 0.717) is 0 Å². The van der Waals surface area contributed by atoms with Crippen LogP contribution in [0.25, 0.3) is 0 Å². The Kier molecular flexibility index (Phi) is 2.36. The lowest BCUT2D eigenvalue weighted by molar-refractivity contribution is 0.343. The van der Waals surface area contributed by atoms with E-state index < -0.39 is 5.95 Å². The minimum Gasteiger partial charge on any atom is -0.244 e. The molecule has 5 heteroatoms. The largest absolute Gasteiger partial charge is 0.252 e. The molecule has 12 heavy (non-hydrogen) atoms. The Morgan fingerprint density at radius 2 is 1.83 bits per heavy atom. The summed E-state index contributed by atoms with van der Waals surface area (Å²) in [6.07, 6.45) is 0. The zero-order valence-electron chi connectivity index (χ0n) is 7.03. The van der Waals surface area contributed by atoms with Gasteiger partial charge in [0, 0.05) is 0 Å². The summed E-state index contributed by atoms with van der Waals surface area (Å²) in [4.78, 5) is 0. The molecule has 0 bridgehead atoms.